The summed E-state index contributed by atoms with van der Waals surface area (Å²) in [5.74, 6) is 0.715. The normalized spacial score (nSPS) is 11.8. The maximum absolute atomic E-state index is 5.91. The Labute approximate surface area is 157 Å². The van der Waals surface area contributed by atoms with Crippen molar-refractivity contribution in [2.24, 2.45) is 0 Å². The Balaban J connectivity index is 1.55. The van der Waals surface area contributed by atoms with Gasteiger partial charge in [-0.2, -0.15) is 5.10 Å². The molecule has 1 aromatic heterocycles. The first-order valence-electron chi connectivity index (χ1n) is 8.00. The Bertz CT molecular complexity index is 830. The molecular weight excluding hydrogens is 352 g/mol. The monoisotopic (exact) mass is 370 g/mol. The van der Waals surface area contributed by atoms with Crippen LogP contribution in [-0.2, 0) is 6.54 Å². The van der Waals surface area contributed by atoms with Crippen LogP contribution in [0.2, 0.25) is 5.02 Å². The van der Waals surface area contributed by atoms with Crippen molar-refractivity contribution in [2.75, 3.05) is 5.32 Å². The van der Waals surface area contributed by atoms with Crippen LogP contribution in [0, 0.1) is 0 Å². The quantitative estimate of drug-likeness (QED) is 0.642. The summed E-state index contributed by atoms with van der Waals surface area (Å²) in [6, 6.07) is 19.9. The lowest BCUT2D eigenvalue weighted by Crippen LogP contribution is -2.31. The molecule has 25 heavy (non-hydrogen) atoms. The van der Waals surface area contributed by atoms with Gasteiger partial charge < -0.3 is 10.6 Å². The van der Waals surface area contributed by atoms with Gasteiger partial charge in [-0.05, 0) is 42.4 Å². The van der Waals surface area contributed by atoms with E-state index in [-0.39, 0.29) is 6.04 Å². The summed E-state index contributed by atoms with van der Waals surface area (Å²) in [6.07, 6.45) is 1.92. The van der Waals surface area contributed by atoms with Gasteiger partial charge >= 0.3 is 0 Å². The lowest BCUT2D eigenvalue weighted by Gasteiger charge is -2.16. The molecule has 128 valence electrons. The standard InChI is InChI=1S/C19H19ClN4S/c1-14(16-5-3-2-4-6-16)21-19(25)22-18-11-12-24(23-18)13-15-7-9-17(20)10-8-15/h2-12,14H,13H2,1H3,(H2,21,22,23,25). The molecule has 2 aromatic carbocycles. The van der Waals surface area contributed by atoms with E-state index in [0.717, 1.165) is 10.6 Å². The minimum absolute atomic E-state index is 0.123. The number of thiocarbonyl (C=S) groups is 1. The van der Waals surface area contributed by atoms with Gasteiger partial charge in [0.05, 0.1) is 12.6 Å². The molecule has 4 nitrogen and oxygen atoms in total. The van der Waals surface area contributed by atoms with Gasteiger partial charge in [0.2, 0.25) is 0 Å². The van der Waals surface area contributed by atoms with Gasteiger partial charge in [-0.1, -0.05) is 54.1 Å². The molecule has 1 unspecified atom stereocenters. The van der Waals surface area contributed by atoms with Crippen molar-refractivity contribution in [3.63, 3.8) is 0 Å². The molecule has 0 bridgehead atoms. The van der Waals surface area contributed by atoms with Crippen molar-refractivity contribution >= 4 is 34.7 Å². The summed E-state index contributed by atoms with van der Waals surface area (Å²) in [7, 11) is 0. The van der Waals surface area contributed by atoms with Crippen LogP contribution in [0.1, 0.15) is 24.1 Å². The van der Waals surface area contributed by atoms with Gasteiger partial charge in [0, 0.05) is 17.3 Å². The first kappa shape index (κ1) is 17.5. The summed E-state index contributed by atoms with van der Waals surface area (Å²) >= 11 is 11.3. The van der Waals surface area contributed by atoms with E-state index in [0.29, 0.717) is 17.5 Å². The molecule has 3 aromatic rings. The first-order chi connectivity index (χ1) is 12.1. The summed E-state index contributed by atoms with van der Waals surface area (Å²) in [4.78, 5) is 0. The zero-order valence-electron chi connectivity index (χ0n) is 13.8. The number of aromatic nitrogens is 2. The third-order valence-electron chi connectivity index (χ3n) is 3.79. The van der Waals surface area contributed by atoms with Gasteiger partial charge in [-0.25, -0.2) is 0 Å². The van der Waals surface area contributed by atoms with Crippen LogP contribution in [0.25, 0.3) is 0 Å². The molecule has 0 saturated carbocycles. The van der Waals surface area contributed by atoms with Crippen LogP contribution >= 0.6 is 23.8 Å². The molecule has 1 heterocycles. The third-order valence-corrected chi connectivity index (χ3v) is 4.26. The number of nitrogens with zero attached hydrogens (tertiary/aromatic N) is 2. The number of hydrogen-bond donors (Lipinski definition) is 2. The van der Waals surface area contributed by atoms with Crippen LogP contribution in [0.4, 0.5) is 5.82 Å². The molecule has 0 saturated heterocycles. The lowest BCUT2D eigenvalue weighted by atomic mass is 10.1. The zero-order valence-corrected chi connectivity index (χ0v) is 15.4. The van der Waals surface area contributed by atoms with Gasteiger partial charge in [0.15, 0.2) is 10.9 Å². The van der Waals surface area contributed by atoms with Crippen molar-refractivity contribution in [1.82, 2.24) is 15.1 Å². The fraction of sp³-hybridized carbons (Fsp3) is 0.158. The molecule has 6 heteroatoms. The largest absolute Gasteiger partial charge is 0.356 e. The molecule has 0 aliphatic carbocycles. The first-order valence-corrected chi connectivity index (χ1v) is 8.79. The highest BCUT2D eigenvalue weighted by molar-refractivity contribution is 7.80. The maximum Gasteiger partial charge on any atom is 0.172 e. The van der Waals surface area contributed by atoms with E-state index in [1.807, 2.05) is 59.4 Å². The summed E-state index contributed by atoms with van der Waals surface area (Å²) < 4.78 is 1.86. The molecular formula is C19H19ClN4S. The molecule has 0 amide bonds. The molecule has 3 rings (SSSR count). The average Bonchev–Trinajstić information content (AvgIpc) is 3.04. The lowest BCUT2D eigenvalue weighted by molar-refractivity contribution is 0.689. The second-order valence-corrected chi connectivity index (χ2v) is 6.60. The Morgan fingerprint density at radius 1 is 1.12 bits per heavy atom. The van der Waals surface area contributed by atoms with E-state index in [2.05, 4.69) is 34.8 Å². The minimum atomic E-state index is 0.123. The Hall–Kier alpha value is -2.37. The van der Waals surface area contributed by atoms with Crippen LogP contribution < -0.4 is 10.6 Å². The highest BCUT2D eigenvalue weighted by Gasteiger charge is 2.08. The minimum Gasteiger partial charge on any atom is -0.356 e. The Kier molecular flexibility index (Phi) is 5.68. The molecule has 0 aliphatic heterocycles. The smallest absolute Gasteiger partial charge is 0.172 e. The number of halogens is 1. The van der Waals surface area contributed by atoms with Crippen LogP contribution in [0.3, 0.4) is 0 Å². The Morgan fingerprint density at radius 3 is 2.56 bits per heavy atom. The van der Waals surface area contributed by atoms with E-state index in [4.69, 9.17) is 23.8 Å². The van der Waals surface area contributed by atoms with Gasteiger partial charge in [0.25, 0.3) is 0 Å². The van der Waals surface area contributed by atoms with E-state index in [9.17, 15) is 0 Å². The van der Waals surface area contributed by atoms with E-state index in [1.165, 1.54) is 5.56 Å². The highest BCUT2D eigenvalue weighted by atomic mass is 35.5. The second-order valence-electron chi connectivity index (χ2n) is 5.76. The second kappa shape index (κ2) is 8.14. The van der Waals surface area contributed by atoms with Crippen molar-refractivity contribution in [1.29, 1.82) is 0 Å². The zero-order chi connectivity index (χ0) is 17.6. The molecule has 1 atom stereocenters. The molecule has 0 aliphatic rings. The number of anilines is 1. The predicted molar refractivity (Wildman–Crippen MR) is 107 cm³/mol. The molecule has 0 radical (unpaired) electrons. The fourth-order valence-electron chi connectivity index (χ4n) is 2.47. The molecule has 0 spiro atoms. The number of nitrogens with one attached hydrogen (secondary N) is 2. The van der Waals surface area contributed by atoms with Crippen molar-refractivity contribution in [3.8, 4) is 0 Å². The van der Waals surface area contributed by atoms with Crippen LogP contribution in [0.15, 0.2) is 66.9 Å². The van der Waals surface area contributed by atoms with E-state index < -0.39 is 0 Å². The van der Waals surface area contributed by atoms with Gasteiger partial charge in [-0.3, -0.25) is 4.68 Å². The molecule has 2 N–H and O–H groups in total. The summed E-state index contributed by atoms with van der Waals surface area (Å²) in [5, 5.41) is 12.2. The van der Waals surface area contributed by atoms with Crippen molar-refractivity contribution < 1.29 is 0 Å². The SMILES string of the molecule is CC(NC(=S)Nc1ccn(Cc2ccc(Cl)cc2)n1)c1ccccc1. The van der Waals surface area contributed by atoms with Gasteiger partial charge in [0.1, 0.15) is 0 Å². The van der Waals surface area contributed by atoms with Gasteiger partial charge in [-0.15, -0.1) is 0 Å². The van der Waals surface area contributed by atoms with Crippen molar-refractivity contribution in [2.45, 2.75) is 19.5 Å². The molecule has 0 fully saturated rings. The number of hydrogen-bond acceptors (Lipinski definition) is 2. The Morgan fingerprint density at radius 2 is 1.84 bits per heavy atom. The fourth-order valence-corrected chi connectivity index (χ4v) is 2.87. The predicted octanol–water partition coefficient (Wildman–Crippen LogP) is 4.63. The highest BCUT2D eigenvalue weighted by Crippen LogP contribution is 2.13. The van der Waals surface area contributed by atoms with E-state index in [1.54, 1.807) is 0 Å². The average molecular weight is 371 g/mol. The summed E-state index contributed by atoms with van der Waals surface area (Å²) in [6.45, 7) is 2.75. The summed E-state index contributed by atoms with van der Waals surface area (Å²) in [5.41, 5.74) is 2.32. The number of rotatable bonds is 5. The van der Waals surface area contributed by atoms with E-state index >= 15 is 0 Å². The maximum atomic E-state index is 5.91. The number of benzene rings is 2. The third kappa shape index (κ3) is 5.05. The van der Waals surface area contributed by atoms with Crippen molar-refractivity contribution in [3.05, 3.63) is 83.0 Å². The van der Waals surface area contributed by atoms with Crippen LogP contribution in [-0.4, -0.2) is 14.9 Å². The van der Waals surface area contributed by atoms with Crippen LogP contribution in [0.5, 0.6) is 0 Å². The topological polar surface area (TPSA) is 41.9 Å².